The Morgan fingerprint density at radius 2 is 0.881 bits per heavy atom. The first-order valence-electron chi connectivity index (χ1n) is 20.0. The maximum atomic E-state index is 6.37. The third-order valence-corrected chi connectivity index (χ3v) is 12.0. The van der Waals surface area contributed by atoms with Gasteiger partial charge in [-0.1, -0.05) is 146 Å². The lowest BCUT2D eigenvalue weighted by Gasteiger charge is -2.34. The van der Waals surface area contributed by atoms with Crippen molar-refractivity contribution in [1.82, 2.24) is 9.97 Å². The van der Waals surface area contributed by atoms with Crippen molar-refractivity contribution in [3.8, 4) is 56.3 Å². The van der Waals surface area contributed by atoms with Crippen LogP contribution in [0.5, 0.6) is 0 Å². The molecule has 0 saturated heterocycles. The van der Waals surface area contributed by atoms with Crippen molar-refractivity contribution < 1.29 is 8.83 Å². The van der Waals surface area contributed by atoms with Crippen molar-refractivity contribution in [3.05, 3.63) is 229 Å². The Balaban J connectivity index is 1.09. The molecule has 12 rings (SSSR count). The van der Waals surface area contributed by atoms with Gasteiger partial charge in [0.15, 0.2) is 11.2 Å². The number of hydrogen-bond acceptors (Lipinski definition) is 4. The summed E-state index contributed by atoms with van der Waals surface area (Å²) in [5.41, 5.74) is 16.3. The second kappa shape index (κ2) is 13.1. The zero-order valence-electron chi connectivity index (χ0n) is 31.8. The van der Waals surface area contributed by atoms with E-state index in [4.69, 9.17) is 18.8 Å². The predicted molar refractivity (Wildman–Crippen MR) is 238 cm³/mol. The van der Waals surface area contributed by atoms with Crippen LogP contribution in [-0.2, 0) is 5.41 Å². The molecule has 276 valence electrons. The van der Waals surface area contributed by atoms with Gasteiger partial charge in [0.2, 0.25) is 11.8 Å². The van der Waals surface area contributed by atoms with E-state index in [-0.39, 0.29) is 0 Å². The molecule has 0 bridgehead atoms. The van der Waals surface area contributed by atoms with Gasteiger partial charge < -0.3 is 8.83 Å². The highest BCUT2D eigenvalue weighted by atomic mass is 16.4. The van der Waals surface area contributed by atoms with Crippen LogP contribution in [0.15, 0.2) is 215 Å². The van der Waals surface area contributed by atoms with E-state index in [0.717, 1.165) is 66.4 Å². The molecule has 0 N–H and O–H groups in total. The summed E-state index contributed by atoms with van der Waals surface area (Å²) in [6.07, 6.45) is 0. The maximum Gasteiger partial charge on any atom is 0.227 e. The smallest absolute Gasteiger partial charge is 0.227 e. The van der Waals surface area contributed by atoms with Gasteiger partial charge in [0.25, 0.3) is 0 Å². The molecule has 1 aliphatic rings. The highest BCUT2D eigenvalue weighted by molar-refractivity contribution is 6.02. The molecule has 1 aliphatic carbocycles. The van der Waals surface area contributed by atoms with E-state index in [0.29, 0.717) is 11.8 Å². The van der Waals surface area contributed by atoms with Gasteiger partial charge in [-0.05, 0) is 127 Å². The van der Waals surface area contributed by atoms with Crippen molar-refractivity contribution >= 4 is 33.0 Å². The average molecular weight is 755 g/mol. The van der Waals surface area contributed by atoms with Crippen LogP contribution in [0.4, 0.5) is 0 Å². The number of aromatic nitrogens is 2. The first-order valence-corrected chi connectivity index (χ1v) is 20.0. The van der Waals surface area contributed by atoms with Crippen LogP contribution in [0.25, 0.3) is 89.3 Å². The second-order valence-corrected chi connectivity index (χ2v) is 15.3. The maximum absolute atomic E-state index is 6.37. The molecular formula is C55H34N2O2. The van der Waals surface area contributed by atoms with E-state index < -0.39 is 5.41 Å². The quantitative estimate of drug-likeness (QED) is 0.170. The zero-order chi connectivity index (χ0) is 38.9. The molecule has 4 heteroatoms. The van der Waals surface area contributed by atoms with Gasteiger partial charge in [0, 0.05) is 11.1 Å². The molecule has 0 fully saturated rings. The monoisotopic (exact) mass is 754 g/mol. The lowest BCUT2D eigenvalue weighted by Crippen LogP contribution is -2.28. The lowest BCUT2D eigenvalue weighted by atomic mass is 9.67. The summed E-state index contributed by atoms with van der Waals surface area (Å²) >= 11 is 0. The lowest BCUT2D eigenvalue weighted by molar-refractivity contribution is 0.617. The van der Waals surface area contributed by atoms with E-state index >= 15 is 0 Å². The Bertz CT molecular complexity index is 3200. The highest BCUT2D eigenvalue weighted by Gasteiger charge is 2.46. The fourth-order valence-corrected chi connectivity index (χ4v) is 9.36. The van der Waals surface area contributed by atoms with Crippen LogP contribution in [-0.4, -0.2) is 9.97 Å². The van der Waals surface area contributed by atoms with E-state index in [1.54, 1.807) is 0 Å². The number of benzene rings is 9. The van der Waals surface area contributed by atoms with Gasteiger partial charge >= 0.3 is 0 Å². The molecule has 0 saturated carbocycles. The van der Waals surface area contributed by atoms with Crippen LogP contribution in [0.1, 0.15) is 22.3 Å². The van der Waals surface area contributed by atoms with Gasteiger partial charge in [0.05, 0.1) is 5.41 Å². The SMILES string of the molecule is c1ccc(C2(c3ccccc3)c3ccccc3-c3ccc(-c4cc(-c5cc(-c6nc7ccccc7o6)cc(-c6nc7ccccc7o6)c5)c5ccccc5c4)cc32)cc1. The van der Waals surface area contributed by atoms with Gasteiger partial charge in [-0.25, -0.2) is 9.97 Å². The molecule has 59 heavy (non-hydrogen) atoms. The summed E-state index contributed by atoms with van der Waals surface area (Å²) in [7, 11) is 0. The Morgan fingerprint density at radius 3 is 1.54 bits per heavy atom. The minimum Gasteiger partial charge on any atom is -0.436 e. The predicted octanol–water partition coefficient (Wildman–Crippen LogP) is 14.2. The first kappa shape index (κ1) is 33.3. The number of hydrogen-bond donors (Lipinski definition) is 0. The fourth-order valence-electron chi connectivity index (χ4n) is 9.36. The molecule has 0 radical (unpaired) electrons. The molecule has 0 unspecified atom stereocenters. The molecule has 2 aromatic heterocycles. The Hall–Kier alpha value is -7.82. The van der Waals surface area contributed by atoms with E-state index in [1.165, 1.54) is 33.4 Å². The van der Waals surface area contributed by atoms with Crippen LogP contribution in [0.2, 0.25) is 0 Å². The minimum atomic E-state index is -0.494. The highest BCUT2D eigenvalue weighted by Crippen LogP contribution is 2.57. The molecular weight excluding hydrogens is 721 g/mol. The molecule has 11 aromatic rings. The third kappa shape index (κ3) is 5.23. The van der Waals surface area contributed by atoms with Crippen LogP contribution < -0.4 is 0 Å². The summed E-state index contributed by atoms with van der Waals surface area (Å²) in [5.74, 6) is 1.09. The Kier molecular flexibility index (Phi) is 7.41. The van der Waals surface area contributed by atoms with E-state index in [2.05, 4.69) is 158 Å². The summed E-state index contributed by atoms with van der Waals surface area (Å²) in [4.78, 5) is 9.84. The normalized spacial score (nSPS) is 12.9. The molecule has 0 amide bonds. The van der Waals surface area contributed by atoms with Crippen molar-refractivity contribution in [2.45, 2.75) is 5.41 Å². The van der Waals surface area contributed by atoms with Crippen LogP contribution in [0, 0.1) is 0 Å². The van der Waals surface area contributed by atoms with Crippen molar-refractivity contribution in [2.75, 3.05) is 0 Å². The molecule has 9 aromatic carbocycles. The number of nitrogens with zero attached hydrogens (tertiary/aromatic N) is 2. The molecule has 0 aliphatic heterocycles. The zero-order valence-corrected chi connectivity index (χ0v) is 31.8. The number of oxazole rings is 2. The number of fused-ring (bicyclic) bond motifs is 6. The molecule has 0 spiro atoms. The van der Waals surface area contributed by atoms with Crippen molar-refractivity contribution in [3.63, 3.8) is 0 Å². The Labute approximate surface area is 340 Å². The summed E-state index contributed by atoms with van der Waals surface area (Å²) in [6, 6.07) is 73.3. The topological polar surface area (TPSA) is 52.1 Å². The second-order valence-electron chi connectivity index (χ2n) is 15.3. The van der Waals surface area contributed by atoms with Crippen molar-refractivity contribution in [2.24, 2.45) is 0 Å². The molecule has 2 heterocycles. The number of rotatable bonds is 6. The van der Waals surface area contributed by atoms with Gasteiger partial charge in [0.1, 0.15) is 11.0 Å². The summed E-state index contributed by atoms with van der Waals surface area (Å²) in [5, 5.41) is 2.29. The van der Waals surface area contributed by atoms with E-state index in [9.17, 15) is 0 Å². The van der Waals surface area contributed by atoms with Gasteiger partial charge in [-0.2, -0.15) is 0 Å². The van der Waals surface area contributed by atoms with Gasteiger partial charge in [-0.15, -0.1) is 0 Å². The third-order valence-electron chi connectivity index (χ3n) is 12.0. The summed E-state index contributed by atoms with van der Waals surface area (Å²) in [6.45, 7) is 0. The standard InChI is InChI=1S/C55H34N2O2/c1-3-16-41(17-4-1)55(42-18-5-2-6-19-42)47-22-10-9-21-44(47)45-28-27-35(34-48(45)55)37-29-36-15-7-8-20-43(36)46(33-37)38-30-39(53-56-49-23-11-13-25-51(49)58-53)32-40(31-38)54-57-50-24-12-14-26-52(50)59-54/h1-34H. The number of para-hydroxylation sites is 4. The van der Waals surface area contributed by atoms with E-state index in [1.807, 2.05) is 48.5 Å². The minimum absolute atomic E-state index is 0.494. The van der Waals surface area contributed by atoms with Crippen LogP contribution >= 0.6 is 0 Å². The molecule has 0 atom stereocenters. The fraction of sp³-hybridized carbons (Fsp3) is 0.0182. The largest absolute Gasteiger partial charge is 0.436 e. The van der Waals surface area contributed by atoms with Crippen LogP contribution in [0.3, 0.4) is 0 Å². The van der Waals surface area contributed by atoms with Crippen molar-refractivity contribution in [1.29, 1.82) is 0 Å². The Morgan fingerprint density at radius 1 is 0.339 bits per heavy atom. The summed E-state index contributed by atoms with van der Waals surface area (Å²) < 4.78 is 12.7. The van der Waals surface area contributed by atoms with Gasteiger partial charge in [-0.3, -0.25) is 0 Å². The molecule has 4 nitrogen and oxygen atoms in total. The first-order chi connectivity index (χ1) is 29.2. The average Bonchev–Trinajstić information content (AvgIpc) is 4.02.